The number of benzene rings is 2. The lowest BCUT2D eigenvalue weighted by Crippen LogP contribution is -2.30. The largest absolute Gasteiger partial charge is 0.492 e. The average Bonchev–Trinajstić information content (AvgIpc) is 3.17. The Balaban J connectivity index is 1.47. The third-order valence-corrected chi connectivity index (χ3v) is 3.92. The summed E-state index contributed by atoms with van der Waals surface area (Å²) in [6, 6.07) is 14.5. The summed E-state index contributed by atoms with van der Waals surface area (Å²) in [5.74, 6) is 0.712. The number of rotatable bonds is 8. The van der Waals surface area contributed by atoms with Crippen LogP contribution in [0.4, 0.5) is 8.78 Å². The first-order valence-electron chi connectivity index (χ1n) is 8.62. The number of halogens is 2. The minimum absolute atomic E-state index is 0.121. The van der Waals surface area contributed by atoms with Gasteiger partial charge in [-0.15, -0.1) is 0 Å². The third kappa shape index (κ3) is 5.33. The van der Waals surface area contributed by atoms with Crippen molar-refractivity contribution in [2.75, 3.05) is 20.2 Å². The second-order valence-electron chi connectivity index (χ2n) is 6.04. The van der Waals surface area contributed by atoms with Gasteiger partial charge in [-0.3, -0.25) is 4.79 Å². The number of amides is 1. The van der Waals surface area contributed by atoms with Gasteiger partial charge in [0.25, 0.3) is 5.91 Å². The first kappa shape index (κ1) is 19.4. The van der Waals surface area contributed by atoms with Gasteiger partial charge in [0.1, 0.15) is 42.1 Å². The molecular weight excluding hydrogens is 368 g/mol. The molecule has 2 aromatic carbocycles. The van der Waals surface area contributed by atoms with Crippen molar-refractivity contribution < 1.29 is 27.5 Å². The van der Waals surface area contributed by atoms with Crippen molar-refractivity contribution in [3.8, 4) is 11.5 Å². The van der Waals surface area contributed by atoms with E-state index >= 15 is 0 Å². The Kier molecular flexibility index (Phi) is 6.26. The Morgan fingerprint density at radius 1 is 0.893 bits per heavy atom. The van der Waals surface area contributed by atoms with Crippen LogP contribution in [0.5, 0.6) is 11.5 Å². The standard InChI is InChI=1S/C21H19F2NO4/c1-24(12-13-26-17-6-2-15(22)3-7-17)21(25)20-11-10-19(28-20)14-27-18-8-4-16(23)5-9-18/h2-11H,12-14H2,1H3. The lowest BCUT2D eigenvalue weighted by Gasteiger charge is -2.16. The van der Waals surface area contributed by atoms with Crippen LogP contribution in [0.25, 0.3) is 0 Å². The lowest BCUT2D eigenvalue weighted by atomic mass is 10.3. The molecule has 28 heavy (non-hydrogen) atoms. The molecule has 0 fully saturated rings. The normalized spacial score (nSPS) is 10.5. The van der Waals surface area contributed by atoms with Crippen molar-refractivity contribution in [1.29, 1.82) is 0 Å². The number of hydrogen-bond donors (Lipinski definition) is 0. The number of ether oxygens (including phenoxy) is 2. The Bertz CT molecular complexity index is 907. The number of carbonyl (C=O) groups is 1. The van der Waals surface area contributed by atoms with Gasteiger partial charge >= 0.3 is 0 Å². The van der Waals surface area contributed by atoms with Crippen LogP contribution in [0.1, 0.15) is 16.3 Å². The predicted octanol–water partition coefficient (Wildman–Crippen LogP) is 4.29. The molecule has 5 nitrogen and oxygen atoms in total. The van der Waals surface area contributed by atoms with Gasteiger partial charge in [0.05, 0.1) is 6.54 Å². The zero-order chi connectivity index (χ0) is 19.9. The van der Waals surface area contributed by atoms with Gasteiger partial charge in [0.15, 0.2) is 5.76 Å². The zero-order valence-corrected chi connectivity index (χ0v) is 15.2. The molecule has 0 radical (unpaired) electrons. The number of hydrogen-bond acceptors (Lipinski definition) is 4. The highest BCUT2D eigenvalue weighted by atomic mass is 19.1. The maximum Gasteiger partial charge on any atom is 0.289 e. The molecule has 146 valence electrons. The molecule has 3 aromatic rings. The second kappa shape index (κ2) is 9.03. The molecule has 0 aliphatic rings. The molecule has 0 saturated heterocycles. The summed E-state index contributed by atoms with van der Waals surface area (Å²) >= 11 is 0. The molecule has 1 aromatic heterocycles. The predicted molar refractivity (Wildman–Crippen MR) is 98.3 cm³/mol. The number of carbonyl (C=O) groups excluding carboxylic acids is 1. The van der Waals surface area contributed by atoms with Gasteiger partial charge in [-0.25, -0.2) is 8.78 Å². The molecule has 3 rings (SSSR count). The number of likely N-dealkylation sites (N-methyl/N-ethyl adjacent to an activating group) is 1. The Morgan fingerprint density at radius 2 is 1.46 bits per heavy atom. The van der Waals surface area contributed by atoms with Crippen molar-refractivity contribution in [1.82, 2.24) is 4.90 Å². The summed E-state index contributed by atoms with van der Waals surface area (Å²) in [7, 11) is 1.63. The summed E-state index contributed by atoms with van der Waals surface area (Å²) in [6.45, 7) is 0.712. The van der Waals surface area contributed by atoms with Gasteiger partial charge in [-0.05, 0) is 60.7 Å². The fourth-order valence-electron chi connectivity index (χ4n) is 2.38. The summed E-state index contributed by atoms with van der Waals surface area (Å²) in [6.07, 6.45) is 0. The van der Waals surface area contributed by atoms with Crippen molar-refractivity contribution >= 4 is 5.91 Å². The highest BCUT2D eigenvalue weighted by Crippen LogP contribution is 2.16. The lowest BCUT2D eigenvalue weighted by molar-refractivity contribution is 0.0738. The monoisotopic (exact) mass is 387 g/mol. The Hall–Kier alpha value is -3.35. The zero-order valence-electron chi connectivity index (χ0n) is 15.2. The van der Waals surface area contributed by atoms with E-state index in [1.807, 2.05) is 0 Å². The summed E-state index contributed by atoms with van der Waals surface area (Å²) in [5.41, 5.74) is 0. The molecule has 0 unspecified atom stereocenters. The molecule has 1 heterocycles. The van der Waals surface area contributed by atoms with Crippen LogP contribution < -0.4 is 9.47 Å². The third-order valence-electron chi connectivity index (χ3n) is 3.92. The number of nitrogens with zero attached hydrogens (tertiary/aromatic N) is 1. The first-order chi connectivity index (χ1) is 13.5. The highest BCUT2D eigenvalue weighted by Gasteiger charge is 2.16. The van der Waals surface area contributed by atoms with Crippen molar-refractivity contribution in [2.24, 2.45) is 0 Å². The smallest absolute Gasteiger partial charge is 0.289 e. The van der Waals surface area contributed by atoms with E-state index in [0.29, 0.717) is 23.8 Å². The molecular formula is C21H19F2NO4. The van der Waals surface area contributed by atoms with E-state index in [1.165, 1.54) is 53.4 Å². The number of furan rings is 1. The van der Waals surface area contributed by atoms with Crippen LogP contribution >= 0.6 is 0 Å². The summed E-state index contributed by atoms with van der Waals surface area (Å²) < 4.78 is 42.2. The van der Waals surface area contributed by atoms with E-state index < -0.39 is 0 Å². The molecule has 0 atom stereocenters. The van der Waals surface area contributed by atoms with Crippen LogP contribution in [0.2, 0.25) is 0 Å². The topological polar surface area (TPSA) is 51.9 Å². The fraction of sp³-hybridized carbons (Fsp3) is 0.190. The van der Waals surface area contributed by atoms with E-state index in [2.05, 4.69) is 0 Å². The molecule has 0 bridgehead atoms. The molecule has 0 aliphatic heterocycles. The van der Waals surface area contributed by atoms with Gasteiger partial charge in [0.2, 0.25) is 0 Å². The molecule has 0 aliphatic carbocycles. The van der Waals surface area contributed by atoms with Crippen molar-refractivity contribution in [3.63, 3.8) is 0 Å². The first-order valence-corrected chi connectivity index (χ1v) is 8.62. The molecule has 0 N–H and O–H groups in total. The van der Waals surface area contributed by atoms with Crippen molar-refractivity contribution in [3.05, 3.63) is 83.8 Å². The molecule has 7 heteroatoms. The van der Waals surface area contributed by atoms with Crippen LogP contribution in [0.3, 0.4) is 0 Å². The SMILES string of the molecule is CN(CCOc1ccc(F)cc1)C(=O)c1ccc(COc2ccc(F)cc2)o1. The van der Waals surface area contributed by atoms with Gasteiger partial charge in [0, 0.05) is 7.05 Å². The van der Waals surface area contributed by atoms with Gasteiger partial charge in [-0.2, -0.15) is 0 Å². The van der Waals surface area contributed by atoms with Gasteiger partial charge in [-0.1, -0.05) is 0 Å². The maximum atomic E-state index is 12.9. The quantitative estimate of drug-likeness (QED) is 0.579. The van der Waals surface area contributed by atoms with Crippen LogP contribution in [-0.2, 0) is 6.61 Å². The average molecular weight is 387 g/mol. The van der Waals surface area contributed by atoms with Crippen LogP contribution in [0, 0.1) is 11.6 Å². The van der Waals surface area contributed by atoms with E-state index in [9.17, 15) is 13.6 Å². The Labute approximate surface area is 161 Å². The fourth-order valence-corrected chi connectivity index (χ4v) is 2.38. The second-order valence-corrected chi connectivity index (χ2v) is 6.04. The van der Waals surface area contributed by atoms with Gasteiger partial charge < -0.3 is 18.8 Å². The van der Waals surface area contributed by atoms with E-state index in [4.69, 9.17) is 13.9 Å². The molecule has 1 amide bonds. The Morgan fingerprint density at radius 3 is 2.07 bits per heavy atom. The van der Waals surface area contributed by atoms with E-state index in [-0.39, 0.29) is 36.5 Å². The molecule has 0 saturated carbocycles. The minimum atomic E-state index is -0.343. The highest BCUT2D eigenvalue weighted by molar-refractivity contribution is 5.91. The summed E-state index contributed by atoms with van der Waals surface area (Å²) in [4.78, 5) is 13.9. The van der Waals surface area contributed by atoms with Crippen molar-refractivity contribution in [2.45, 2.75) is 6.61 Å². The minimum Gasteiger partial charge on any atom is -0.492 e. The van der Waals surface area contributed by atoms with E-state index in [1.54, 1.807) is 19.2 Å². The van der Waals surface area contributed by atoms with Crippen LogP contribution in [-0.4, -0.2) is 31.0 Å². The van der Waals surface area contributed by atoms with E-state index in [0.717, 1.165) is 0 Å². The maximum absolute atomic E-state index is 12.9. The van der Waals surface area contributed by atoms with Crippen LogP contribution in [0.15, 0.2) is 65.1 Å². The molecule has 0 spiro atoms. The summed E-state index contributed by atoms with van der Waals surface area (Å²) in [5, 5.41) is 0.